The summed E-state index contributed by atoms with van der Waals surface area (Å²) in [6.07, 6.45) is 7.74. The first-order chi connectivity index (χ1) is 8.38. The average Bonchev–Trinajstić information content (AvgIpc) is 2.39. The van der Waals surface area contributed by atoms with Crippen molar-refractivity contribution >= 4 is 0 Å². The highest BCUT2D eigenvalue weighted by Crippen LogP contribution is 2.19. The predicted molar refractivity (Wildman–Crippen MR) is 71.1 cm³/mol. The molecule has 0 amide bonds. The molecule has 3 heteroatoms. The monoisotopic (exact) mass is 241 g/mol. The third kappa shape index (κ3) is 6.08. The highest BCUT2D eigenvalue weighted by molar-refractivity contribution is 5.09. The van der Waals surface area contributed by atoms with Crippen molar-refractivity contribution in [1.82, 2.24) is 5.32 Å². The molecule has 1 unspecified atom stereocenters. The van der Waals surface area contributed by atoms with Crippen LogP contribution in [0.25, 0.3) is 0 Å². The van der Waals surface area contributed by atoms with E-state index in [4.69, 9.17) is 9.47 Å². The first-order valence-corrected chi connectivity index (χ1v) is 7.00. The third-order valence-corrected chi connectivity index (χ3v) is 3.04. The lowest BCUT2D eigenvalue weighted by molar-refractivity contribution is 0.141. The Balaban J connectivity index is 2.33. The molecular formula is C14H27NO2. The summed E-state index contributed by atoms with van der Waals surface area (Å²) in [4.78, 5) is 0. The molecule has 100 valence electrons. The van der Waals surface area contributed by atoms with Gasteiger partial charge in [-0.05, 0) is 51.1 Å². The van der Waals surface area contributed by atoms with Gasteiger partial charge >= 0.3 is 0 Å². The van der Waals surface area contributed by atoms with Crippen LogP contribution in [0, 0.1) is 0 Å². The van der Waals surface area contributed by atoms with Crippen molar-refractivity contribution in [1.29, 1.82) is 0 Å². The zero-order chi connectivity index (χ0) is 12.3. The molecule has 1 N–H and O–H groups in total. The molecular weight excluding hydrogens is 214 g/mol. The van der Waals surface area contributed by atoms with Crippen LogP contribution in [-0.2, 0) is 9.47 Å². The molecule has 0 saturated heterocycles. The van der Waals surface area contributed by atoms with E-state index in [2.05, 4.69) is 12.2 Å². The lowest BCUT2D eigenvalue weighted by Gasteiger charge is -2.24. The van der Waals surface area contributed by atoms with Crippen molar-refractivity contribution in [3.05, 3.63) is 11.8 Å². The van der Waals surface area contributed by atoms with Crippen LogP contribution in [0.3, 0.4) is 0 Å². The van der Waals surface area contributed by atoms with Crippen molar-refractivity contribution in [2.45, 2.75) is 52.0 Å². The van der Waals surface area contributed by atoms with Gasteiger partial charge in [-0.2, -0.15) is 0 Å². The highest BCUT2D eigenvalue weighted by Gasteiger charge is 2.15. The molecule has 1 aliphatic rings. The van der Waals surface area contributed by atoms with Gasteiger partial charge in [0.15, 0.2) is 0 Å². The molecule has 1 heterocycles. The van der Waals surface area contributed by atoms with Crippen molar-refractivity contribution in [2.75, 3.05) is 26.4 Å². The van der Waals surface area contributed by atoms with Gasteiger partial charge in [0.25, 0.3) is 0 Å². The Kier molecular flexibility index (Phi) is 8.10. The fourth-order valence-corrected chi connectivity index (χ4v) is 2.11. The van der Waals surface area contributed by atoms with Gasteiger partial charge in [0, 0.05) is 19.3 Å². The molecule has 1 atom stereocenters. The van der Waals surface area contributed by atoms with Crippen LogP contribution in [0.4, 0.5) is 0 Å². The first kappa shape index (κ1) is 14.5. The van der Waals surface area contributed by atoms with Crippen LogP contribution < -0.4 is 5.32 Å². The number of hydrogen-bond donors (Lipinski definition) is 1. The minimum absolute atomic E-state index is 0.482. The summed E-state index contributed by atoms with van der Waals surface area (Å²) >= 11 is 0. The van der Waals surface area contributed by atoms with Crippen LogP contribution in [0.2, 0.25) is 0 Å². The molecule has 1 rings (SSSR count). The molecule has 17 heavy (non-hydrogen) atoms. The molecule has 0 bridgehead atoms. The fraction of sp³-hybridized carbons (Fsp3) is 0.857. The largest absolute Gasteiger partial charge is 0.501 e. The summed E-state index contributed by atoms with van der Waals surface area (Å²) in [5.74, 6) is 0. The molecule has 3 nitrogen and oxygen atoms in total. The summed E-state index contributed by atoms with van der Waals surface area (Å²) in [6, 6.07) is 0.482. The second-order valence-electron chi connectivity index (χ2n) is 4.51. The third-order valence-electron chi connectivity index (χ3n) is 3.04. The molecule has 0 spiro atoms. The van der Waals surface area contributed by atoms with Crippen LogP contribution in [0.15, 0.2) is 11.8 Å². The Hall–Kier alpha value is -0.540. The number of ether oxygens (including phenoxy) is 2. The molecule has 0 aliphatic carbocycles. The second-order valence-corrected chi connectivity index (χ2v) is 4.51. The molecule has 0 aromatic carbocycles. The van der Waals surface area contributed by atoms with Gasteiger partial charge in [-0.3, -0.25) is 0 Å². The standard InChI is InChI=1S/C14H27NO2/c1-3-9-15-14(8-6-10-16-4-2)13-7-5-11-17-12-13/h12,14-15H,3-11H2,1-2H3. The van der Waals surface area contributed by atoms with E-state index < -0.39 is 0 Å². The van der Waals surface area contributed by atoms with Crippen molar-refractivity contribution in [3.63, 3.8) is 0 Å². The zero-order valence-electron chi connectivity index (χ0n) is 11.3. The molecule has 0 aromatic heterocycles. The Labute approximate surface area is 106 Å². The van der Waals surface area contributed by atoms with Crippen LogP contribution in [-0.4, -0.2) is 32.4 Å². The normalized spacial score (nSPS) is 17.4. The van der Waals surface area contributed by atoms with E-state index >= 15 is 0 Å². The lowest BCUT2D eigenvalue weighted by Crippen LogP contribution is -2.33. The number of nitrogens with one attached hydrogen (secondary N) is 1. The van der Waals surface area contributed by atoms with Crippen molar-refractivity contribution in [3.8, 4) is 0 Å². The van der Waals surface area contributed by atoms with Gasteiger partial charge in [0.1, 0.15) is 0 Å². The van der Waals surface area contributed by atoms with Crippen molar-refractivity contribution < 1.29 is 9.47 Å². The predicted octanol–water partition coefficient (Wildman–Crippen LogP) is 2.87. The maximum absolute atomic E-state index is 5.44. The Morgan fingerprint density at radius 3 is 3.00 bits per heavy atom. The van der Waals surface area contributed by atoms with E-state index in [1.54, 1.807) is 0 Å². The van der Waals surface area contributed by atoms with Gasteiger partial charge in [0.05, 0.1) is 12.9 Å². The molecule has 0 fully saturated rings. The van der Waals surface area contributed by atoms with E-state index in [-0.39, 0.29) is 0 Å². The summed E-state index contributed by atoms with van der Waals surface area (Å²) in [5, 5.41) is 3.61. The number of hydrogen-bond acceptors (Lipinski definition) is 3. The SMILES string of the molecule is CCCNC(CCCOCC)C1=COCCC1. The summed E-state index contributed by atoms with van der Waals surface area (Å²) < 4.78 is 10.8. The van der Waals surface area contributed by atoms with Crippen LogP contribution in [0.1, 0.15) is 46.0 Å². The van der Waals surface area contributed by atoms with E-state index in [0.717, 1.165) is 45.6 Å². The highest BCUT2D eigenvalue weighted by atomic mass is 16.5. The fourth-order valence-electron chi connectivity index (χ4n) is 2.11. The maximum Gasteiger partial charge on any atom is 0.0876 e. The Bertz CT molecular complexity index is 216. The maximum atomic E-state index is 5.44. The molecule has 0 radical (unpaired) electrons. The zero-order valence-corrected chi connectivity index (χ0v) is 11.3. The minimum atomic E-state index is 0.482. The lowest BCUT2D eigenvalue weighted by atomic mass is 9.98. The van der Waals surface area contributed by atoms with E-state index in [9.17, 15) is 0 Å². The average molecular weight is 241 g/mol. The van der Waals surface area contributed by atoms with Gasteiger partial charge in [-0.1, -0.05) is 6.92 Å². The van der Waals surface area contributed by atoms with Gasteiger partial charge in [-0.25, -0.2) is 0 Å². The van der Waals surface area contributed by atoms with E-state index in [1.165, 1.54) is 18.4 Å². The van der Waals surface area contributed by atoms with Gasteiger partial charge < -0.3 is 14.8 Å². The molecule has 0 saturated carbocycles. The molecule has 0 aromatic rings. The number of rotatable bonds is 9. The smallest absolute Gasteiger partial charge is 0.0876 e. The quantitative estimate of drug-likeness (QED) is 0.630. The van der Waals surface area contributed by atoms with Gasteiger partial charge in [-0.15, -0.1) is 0 Å². The van der Waals surface area contributed by atoms with E-state index in [0.29, 0.717) is 6.04 Å². The second kappa shape index (κ2) is 9.49. The first-order valence-electron chi connectivity index (χ1n) is 7.00. The van der Waals surface area contributed by atoms with Gasteiger partial charge in [0.2, 0.25) is 0 Å². The topological polar surface area (TPSA) is 30.5 Å². The van der Waals surface area contributed by atoms with Crippen molar-refractivity contribution in [2.24, 2.45) is 0 Å². The van der Waals surface area contributed by atoms with Crippen LogP contribution in [0.5, 0.6) is 0 Å². The van der Waals surface area contributed by atoms with E-state index in [1.807, 2.05) is 13.2 Å². The minimum Gasteiger partial charge on any atom is -0.501 e. The van der Waals surface area contributed by atoms with Crippen LogP contribution >= 0.6 is 0 Å². The molecule has 1 aliphatic heterocycles. The summed E-state index contributed by atoms with van der Waals surface area (Å²) in [7, 11) is 0. The summed E-state index contributed by atoms with van der Waals surface area (Å²) in [5.41, 5.74) is 1.43. The Morgan fingerprint density at radius 2 is 2.35 bits per heavy atom. The summed E-state index contributed by atoms with van der Waals surface area (Å²) in [6.45, 7) is 7.90. The Morgan fingerprint density at radius 1 is 1.47 bits per heavy atom.